The SMILES string of the molecule is [c]1cnccc1N1CCCCC1. The molecular formula is C10H13N2. The van der Waals surface area contributed by atoms with Crippen LogP contribution in [0.2, 0.25) is 0 Å². The van der Waals surface area contributed by atoms with Crippen molar-refractivity contribution in [2.45, 2.75) is 19.3 Å². The smallest absolute Gasteiger partial charge is 0.0478 e. The van der Waals surface area contributed by atoms with Crippen LogP contribution < -0.4 is 4.90 Å². The number of aromatic nitrogens is 1. The third-order valence-corrected chi connectivity index (χ3v) is 2.30. The monoisotopic (exact) mass is 161 g/mol. The van der Waals surface area contributed by atoms with Crippen LogP contribution in [0.3, 0.4) is 0 Å². The third kappa shape index (κ3) is 1.58. The van der Waals surface area contributed by atoms with Crippen molar-refractivity contribution in [1.29, 1.82) is 0 Å². The number of anilines is 1. The summed E-state index contributed by atoms with van der Waals surface area (Å²) in [5.74, 6) is 0. The Hall–Kier alpha value is -1.05. The highest BCUT2D eigenvalue weighted by Gasteiger charge is 2.09. The lowest BCUT2D eigenvalue weighted by Crippen LogP contribution is -2.29. The number of rotatable bonds is 1. The summed E-state index contributed by atoms with van der Waals surface area (Å²) in [4.78, 5) is 6.34. The molecule has 0 N–H and O–H groups in total. The first kappa shape index (κ1) is 7.59. The summed E-state index contributed by atoms with van der Waals surface area (Å²) in [6.07, 6.45) is 7.58. The van der Waals surface area contributed by atoms with Gasteiger partial charge in [-0.05, 0) is 25.3 Å². The quantitative estimate of drug-likeness (QED) is 0.625. The van der Waals surface area contributed by atoms with Crippen molar-refractivity contribution in [3.63, 3.8) is 0 Å². The Balaban J connectivity index is 2.08. The van der Waals surface area contributed by atoms with E-state index in [1.807, 2.05) is 12.3 Å². The van der Waals surface area contributed by atoms with Crippen molar-refractivity contribution < 1.29 is 0 Å². The first-order chi connectivity index (χ1) is 5.97. The Morgan fingerprint density at radius 1 is 1.25 bits per heavy atom. The van der Waals surface area contributed by atoms with Gasteiger partial charge in [0, 0.05) is 37.2 Å². The van der Waals surface area contributed by atoms with Crippen LogP contribution in [-0.2, 0) is 0 Å². The summed E-state index contributed by atoms with van der Waals surface area (Å²) >= 11 is 0. The van der Waals surface area contributed by atoms with Gasteiger partial charge < -0.3 is 4.90 Å². The highest BCUT2D eigenvalue weighted by atomic mass is 15.1. The second kappa shape index (κ2) is 3.57. The van der Waals surface area contributed by atoms with E-state index in [4.69, 9.17) is 0 Å². The fraction of sp³-hybridized carbons (Fsp3) is 0.500. The molecule has 1 aromatic rings. The molecule has 1 radical (unpaired) electrons. The van der Waals surface area contributed by atoms with E-state index in [0.29, 0.717) is 0 Å². The summed E-state index contributed by atoms with van der Waals surface area (Å²) in [6, 6.07) is 5.19. The lowest BCUT2D eigenvalue weighted by molar-refractivity contribution is 0.577. The van der Waals surface area contributed by atoms with Gasteiger partial charge in [-0.25, -0.2) is 0 Å². The van der Waals surface area contributed by atoms with Gasteiger partial charge in [0.25, 0.3) is 0 Å². The topological polar surface area (TPSA) is 16.1 Å². The fourth-order valence-electron chi connectivity index (χ4n) is 1.64. The maximum atomic E-state index is 3.96. The van der Waals surface area contributed by atoms with E-state index in [-0.39, 0.29) is 0 Å². The molecule has 1 aliphatic rings. The Morgan fingerprint density at radius 2 is 2.08 bits per heavy atom. The molecule has 2 heteroatoms. The van der Waals surface area contributed by atoms with Gasteiger partial charge >= 0.3 is 0 Å². The van der Waals surface area contributed by atoms with Gasteiger partial charge in [0.15, 0.2) is 0 Å². The normalized spacial score (nSPS) is 17.8. The second-order valence-electron chi connectivity index (χ2n) is 3.17. The van der Waals surface area contributed by atoms with E-state index in [1.54, 1.807) is 6.20 Å². The third-order valence-electron chi connectivity index (χ3n) is 2.30. The molecule has 0 saturated carbocycles. The molecule has 63 valence electrons. The molecule has 2 rings (SSSR count). The van der Waals surface area contributed by atoms with Crippen LogP contribution in [0, 0.1) is 6.07 Å². The molecule has 0 aromatic carbocycles. The Kier molecular flexibility index (Phi) is 2.26. The molecule has 1 saturated heterocycles. The number of piperidine rings is 1. The van der Waals surface area contributed by atoms with E-state index in [1.165, 1.54) is 38.0 Å². The maximum Gasteiger partial charge on any atom is 0.0478 e. The van der Waals surface area contributed by atoms with Gasteiger partial charge in [0.1, 0.15) is 0 Å². The van der Waals surface area contributed by atoms with Crippen LogP contribution in [0.5, 0.6) is 0 Å². The van der Waals surface area contributed by atoms with Crippen molar-refractivity contribution >= 4 is 5.69 Å². The minimum Gasteiger partial charge on any atom is -0.371 e. The van der Waals surface area contributed by atoms with E-state index in [9.17, 15) is 0 Å². The molecule has 0 amide bonds. The number of pyridine rings is 1. The average Bonchev–Trinajstić information content (AvgIpc) is 2.21. The second-order valence-corrected chi connectivity index (χ2v) is 3.17. The number of hydrogen-bond donors (Lipinski definition) is 0. The molecule has 0 bridgehead atoms. The Labute approximate surface area is 73.2 Å². The zero-order valence-electron chi connectivity index (χ0n) is 7.16. The zero-order chi connectivity index (χ0) is 8.23. The minimum absolute atomic E-state index is 1.18. The number of hydrogen-bond acceptors (Lipinski definition) is 2. The van der Waals surface area contributed by atoms with E-state index >= 15 is 0 Å². The van der Waals surface area contributed by atoms with Crippen LogP contribution in [0.1, 0.15) is 19.3 Å². The van der Waals surface area contributed by atoms with E-state index < -0.39 is 0 Å². The molecule has 0 spiro atoms. The Bertz CT molecular complexity index is 227. The van der Waals surface area contributed by atoms with Crippen molar-refractivity contribution in [3.8, 4) is 0 Å². The minimum atomic E-state index is 1.18. The van der Waals surface area contributed by atoms with Crippen molar-refractivity contribution in [3.05, 3.63) is 24.5 Å². The van der Waals surface area contributed by atoms with Crippen molar-refractivity contribution in [1.82, 2.24) is 4.98 Å². The average molecular weight is 161 g/mol. The predicted octanol–water partition coefficient (Wildman–Crippen LogP) is 1.87. The zero-order valence-corrected chi connectivity index (χ0v) is 7.16. The molecule has 1 aromatic heterocycles. The Morgan fingerprint density at radius 3 is 2.75 bits per heavy atom. The lowest BCUT2D eigenvalue weighted by atomic mass is 10.1. The van der Waals surface area contributed by atoms with Gasteiger partial charge in [-0.1, -0.05) is 0 Å². The van der Waals surface area contributed by atoms with Gasteiger partial charge in [-0.3, -0.25) is 4.98 Å². The van der Waals surface area contributed by atoms with Gasteiger partial charge in [-0.2, -0.15) is 0 Å². The molecule has 12 heavy (non-hydrogen) atoms. The van der Waals surface area contributed by atoms with Crippen LogP contribution in [0.15, 0.2) is 18.5 Å². The summed E-state index contributed by atoms with van der Waals surface area (Å²) < 4.78 is 0. The summed E-state index contributed by atoms with van der Waals surface area (Å²) in [5, 5.41) is 0. The lowest BCUT2D eigenvalue weighted by Gasteiger charge is -2.28. The molecule has 0 atom stereocenters. The van der Waals surface area contributed by atoms with Gasteiger partial charge in [0.2, 0.25) is 0 Å². The largest absolute Gasteiger partial charge is 0.371 e. The predicted molar refractivity (Wildman–Crippen MR) is 49.1 cm³/mol. The van der Waals surface area contributed by atoms with Crippen molar-refractivity contribution in [2.75, 3.05) is 18.0 Å². The number of nitrogens with zero attached hydrogens (tertiary/aromatic N) is 2. The molecule has 2 heterocycles. The van der Waals surface area contributed by atoms with Gasteiger partial charge in [0.05, 0.1) is 0 Å². The molecular weight excluding hydrogens is 148 g/mol. The summed E-state index contributed by atoms with van der Waals surface area (Å²) in [7, 11) is 0. The summed E-state index contributed by atoms with van der Waals surface area (Å²) in [6.45, 7) is 2.36. The summed E-state index contributed by atoms with van der Waals surface area (Å²) in [5.41, 5.74) is 1.20. The van der Waals surface area contributed by atoms with E-state index in [0.717, 1.165) is 0 Å². The first-order valence-electron chi connectivity index (χ1n) is 4.53. The molecule has 0 aliphatic carbocycles. The first-order valence-corrected chi connectivity index (χ1v) is 4.53. The fourth-order valence-corrected chi connectivity index (χ4v) is 1.64. The van der Waals surface area contributed by atoms with E-state index in [2.05, 4.69) is 16.0 Å². The standard InChI is InChI=1S/C10H13N2/c1-2-8-12(9-3-1)10-4-6-11-7-5-10/h4,6-7H,1-3,8-9H2. The van der Waals surface area contributed by atoms with Gasteiger partial charge in [-0.15, -0.1) is 0 Å². The van der Waals surface area contributed by atoms with Crippen LogP contribution in [0.25, 0.3) is 0 Å². The molecule has 1 aliphatic heterocycles. The molecule has 0 unspecified atom stereocenters. The molecule has 2 nitrogen and oxygen atoms in total. The highest BCUT2D eigenvalue weighted by Crippen LogP contribution is 2.17. The van der Waals surface area contributed by atoms with Crippen molar-refractivity contribution in [2.24, 2.45) is 0 Å². The maximum absolute atomic E-state index is 3.96. The van der Waals surface area contributed by atoms with Crippen LogP contribution >= 0.6 is 0 Å². The molecule has 1 fully saturated rings. The highest BCUT2D eigenvalue weighted by molar-refractivity contribution is 5.43. The van der Waals surface area contributed by atoms with Crippen LogP contribution in [-0.4, -0.2) is 18.1 Å². The van der Waals surface area contributed by atoms with Crippen LogP contribution in [0.4, 0.5) is 5.69 Å².